The predicted molar refractivity (Wildman–Crippen MR) is 125 cm³/mol. The highest BCUT2D eigenvalue weighted by Gasteiger charge is 2.19. The molecule has 0 atom stereocenters. The van der Waals surface area contributed by atoms with Gasteiger partial charge in [-0.05, 0) is 54.6 Å². The van der Waals surface area contributed by atoms with Gasteiger partial charge in [-0.1, -0.05) is 41.6 Å². The molecule has 3 aromatic heterocycles. The SMILES string of the molecule is Cn1c(-c2ccccn2)nc(-c2ccc(-n3cccn3)cc2)c1Sc1ccc(Cl)cc1. The second-order valence-electron chi connectivity index (χ2n) is 6.92. The molecule has 0 amide bonds. The standard InChI is InChI=1S/C24H18ClN5S/c1-29-23(21-5-2-3-14-26-21)28-22(24(29)31-20-12-8-18(25)9-13-20)17-6-10-19(11-7-17)30-16-4-15-27-30/h2-16H,1H3. The second-order valence-corrected chi connectivity index (χ2v) is 8.42. The number of imidazole rings is 1. The lowest BCUT2D eigenvalue weighted by molar-refractivity contribution is 0.831. The first-order valence-corrected chi connectivity index (χ1v) is 10.9. The summed E-state index contributed by atoms with van der Waals surface area (Å²) in [6, 6.07) is 23.9. The van der Waals surface area contributed by atoms with Crippen LogP contribution >= 0.6 is 23.4 Å². The van der Waals surface area contributed by atoms with Gasteiger partial charge in [0.05, 0.1) is 5.69 Å². The number of benzene rings is 2. The minimum atomic E-state index is 0.720. The summed E-state index contributed by atoms with van der Waals surface area (Å²) in [5, 5.41) is 6.06. The first-order chi connectivity index (χ1) is 15.2. The average Bonchev–Trinajstić information content (AvgIpc) is 3.45. The van der Waals surface area contributed by atoms with Gasteiger partial charge in [-0.3, -0.25) is 4.98 Å². The van der Waals surface area contributed by atoms with Crippen molar-refractivity contribution in [3.05, 3.63) is 96.4 Å². The summed E-state index contributed by atoms with van der Waals surface area (Å²) < 4.78 is 3.93. The number of pyridine rings is 1. The van der Waals surface area contributed by atoms with E-state index in [9.17, 15) is 0 Å². The highest BCUT2D eigenvalue weighted by Crippen LogP contribution is 2.38. The molecule has 0 spiro atoms. The fraction of sp³-hybridized carbons (Fsp3) is 0.0417. The van der Waals surface area contributed by atoms with Crippen LogP contribution < -0.4 is 0 Å². The Morgan fingerprint density at radius 1 is 0.871 bits per heavy atom. The van der Waals surface area contributed by atoms with Crippen molar-refractivity contribution in [1.29, 1.82) is 0 Å². The van der Waals surface area contributed by atoms with Crippen molar-refractivity contribution in [2.45, 2.75) is 9.92 Å². The summed E-state index contributed by atoms with van der Waals surface area (Å²) in [6.45, 7) is 0. The van der Waals surface area contributed by atoms with Gasteiger partial charge in [0.2, 0.25) is 0 Å². The lowest BCUT2D eigenvalue weighted by atomic mass is 10.1. The summed E-state index contributed by atoms with van der Waals surface area (Å²) in [6.07, 6.45) is 5.48. The molecule has 0 saturated heterocycles. The van der Waals surface area contributed by atoms with E-state index in [1.54, 1.807) is 24.2 Å². The van der Waals surface area contributed by atoms with E-state index in [-0.39, 0.29) is 0 Å². The molecule has 0 aliphatic carbocycles. The predicted octanol–water partition coefficient (Wildman–Crippen LogP) is 6.14. The van der Waals surface area contributed by atoms with Crippen molar-refractivity contribution < 1.29 is 0 Å². The maximum absolute atomic E-state index is 6.07. The zero-order valence-corrected chi connectivity index (χ0v) is 18.3. The van der Waals surface area contributed by atoms with Gasteiger partial charge >= 0.3 is 0 Å². The van der Waals surface area contributed by atoms with Crippen molar-refractivity contribution >= 4 is 23.4 Å². The first-order valence-electron chi connectivity index (χ1n) is 9.71. The van der Waals surface area contributed by atoms with Gasteiger partial charge in [-0.2, -0.15) is 5.10 Å². The van der Waals surface area contributed by atoms with Gasteiger partial charge in [0.25, 0.3) is 0 Å². The van der Waals surface area contributed by atoms with Gasteiger partial charge in [0.15, 0.2) is 5.82 Å². The summed E-state index contributed by atoms with van der Waals surface area (Å²) in [4.78, 5) is 10.6. The van der Waals surface area contributed by atoms with Crippen LogP contribution in [-0.4, -0.2) is 24.3 Å². The number of halogens is 1. The van der Waals surface area contributed by atoms with Gasteiger partial charge in [-0.25, -0.2) is 9.67 Å². The smallest absolute Gasteiger partial charge is 0.159 e. The second kappa shape index (κ2) is 8.41. The number of nitrogens with zero attached hydrogens (tertiary/aromatic N) is 5. The molecule has 5 rings (SSSR count). The molecule has 0 fully saturated rings. The van der Waals surface area contributed by atoms with E-state index >= 15 is 0 Å². The zero-order valence-electron chi connectivity index (χ0n) is 16.7. The van der Waals surface area contributed by atoms with E-state index in [4.69, 9.17) is 16.6 Å². The molecule has 0 N–H and O–H groups in total. The summed E-state index contributed by atoms with van der Waals surface area (Å²) in [7, 11) is 2.02. The van der Waals surface area contributed by atoms with Crippen LogP contribution in [0.1, 0.15) is 0 Å². The van der Waals surface area contributed by atoms with E-state index in [0.29, 0.717) is 0 Å². The van der Waals surface area contributed by atoms with Crippen LogP contribution in [0.25, 0.3) is 28.5 Å². The van der Waals surface area contributed by atoms with Gasteiger partial charge in [0.1, 0.15) is 16.4 Å². The zero-order chi connectivity index (χ0) is 21.2. The third-order valence-electron chi connectivity index (χ3n) is 4.87. The Morgan fingerprint density at radius 2 is 1.68 bits per heavy atom. The summed E-state index contributed by atoms with van der Waals surface area (Å²) in [5.41, 5.74) is 3.78. The fourth-order valence-electron chi connectivity index (χ4n) is 3.32. The minimum Gasteiger partial charge on any atom is -0.320 e. The molecule has 3 heterocycles. The van der Waals surface area contributed by atoms with Crippen molar-refractivity contribution in [3.8, 4) is 28.5 Å². The topological polar surface area (TPSA) is 48.5 Å². The first kappa shape index (κ1) is 19.6. The quantitative estimate of drug-likeness (QED) is 0.327. The van der Waals surface area contributed by atoms with Crippen LogP contribution in [0.2, 0.25) is 5.02 Å². The molecule has 2 aromatic carbocycles. The third-order valence-corrected chi connectivity index (χ3v) is 6.29. The van der Waals surface area contributed by atoms with E-state index in [2.05, 4.69) is 26.8 Å². The van der Waals surface area contributed by atoms with Gasteiger partial charge in [-0.15, -0.1) is 0 Å². The lowest BCUT2D eigenvalue weighted by Crippen LogP contribution is -1.96. The minimum absolute atomic E-state index is 0.720. The summed E-state index contributed by atoms with van der Waals surface area (Å²) >= 11 is 7.73. The normalized spacial score (nSPS) is 11.0. The van der Waals surface area contributed by atoms with Crippen molar-refractivity contribution in [1.82, 2.24) is 24.3 Å². The Balaban J connectivity index is 1.60. The van der Waals surface area contributed by atoms with Crippen LogP contribution in [0, 0.1) is 0 Å². The third kappa shape index (κ3) is 4.00. The van der Waals surface area contributed by atoms with Gasteiger partial charge in [0, 0.05) is 41.1 Å². The number of rotatable bonds is 5. The molecular weight excluding hydrogens is 426 g/mol. The molecule has 0 radical (unpaired) electrons. The molecule has 31 heavy (non-hydrogen) atoms. The Kier molecular flexibility index (Phi) is 5.32. The van der Waals surface area contributed by atoms with Crippen LogP contribution in [0.5, 0.6) is 0 Å². The van der Waals surface area contributed by atoms with E-state index in [1.165, 1.54) is 0 Å². The molecule has 0 aliphatic rings. The lowest BCUT2D eigenvalue weighted by Gasteiger charge is -2.08. The van der Waals surface area contributed by atoms with E-state index in [0.717, 1.165) is 43.4 Å². The fourth-order valence-corrected chi connectivity index (χ4v) is 4.43. The highest BCUT2D eigenvalue weighted by atomic mass is 35.5. The molecule has 0 unspecified atom stereocenters. The molecule has 0 bridgehead atoms. The van der Waals surface area contributed by atoms with Crippen LogP contribution in [0.3, 0.4) is 0 Å². The van der Waals surface area contributed by atoms with Crippen molar-refractivity contribution in [2.75, 3.05) is 0 Å². The Morgan fingerprint density at radius 3 is 2.35 bits per heavy atom. The van der Waals surface area contributed by atoms with Crippen LogP contribution in [0.4, 0.5) is 0 Å². The number of hydrogen-bond donors (Lipinski definition) is 0. The number of hydrogen-bond acceptors (Lipinski definition) is 4. The average molecular weight is 444 g/mol. The van der Waals surface area contributed by atoms with Crippen molar-refractivity contribution in [2.24, 2.45) is 7.05 Å². The molecule has 5 aromatic rings. The molecule has 7 heteroatoms. The maximum Gasteiger partial charge on any atom is 0.159 e. The Labute approximate surface area is 189 Å². The molecule has 0 aliphatic heterocycles. The highest BCUT2D eigenvalue weighted by molar-refractivity contribution is 7.99. The molecular formula is C24H18ClN5S. The van der Waals surface area contributed by atoms with E-state index < -0.39 is 0 Å². The van der Waals surface area contributed by atoms with E-state index in [1.807, 2.05) is 78.6 Å². The summed E-state index contributed by atoms with van der Waals surface area (Å²) in [5.74, 6) is 0.822. The van der Waals surface area contributed by atoms with Gasteiger partial charge < -0.3 is 4.57 Å². The maximum atomic E-state index is 6.07. The largest absolute Gasteiger partial charge is 0.320 e. The molecule has 152 valence electrons. The Hall–Kier alpha value is -3.35. The van der Waals surface area contributed by atoms with Crippen LogP contribution in [0.15, 0.2) is 101 Å². The molecule has 0 saturated carbocycles. The van der Waals surface area contributed by atoms with Crippen LogP contribution in [-0.2, 0) is 7.05 Å². The van der Waals surface area contributed by atoms with Crippen molar-refractivity contribution in [3.63, 3.8) is 0 Å². The monoisotopic (exact) mass is 443 g/mol. The Bertz CT molecular complexity index is 1300. The number of aromatic nitrogens is 5. The molecule has 5 nitrogen and oxygen atoms in total.